The maximum Gasteiger partial charge on any atom is 0.228 e. The maximum absolute atomic E-state index is 5.18. The van der Waals surface area contributed by atoms with Crippen LogP contribution in [0.1, 0.15) is 30.4 Å². The number of hydrogen-bond donors (Lipinski definition) is 0. The van der Waals surface area contributed by atoms with E-state index in [0.29, 0.717) is 11.8 Å². The van der Waals surface area contributed by atoms with Crippen molar-refractivity contribution in [3.05, 3.63) is 23.9 Å². The molecule has 0 bridgehead atoms. The smallest absolute Gasteiger partial charge is 0.228 e. The molecule has 8 heteroatoms. The predicted octanol–water partition coefficient (Wildman–Crippen LogP) is 1.06. The first-order valence-electron chi connectivity index (χ1n) is 8.23. The van der Waals surface area contributed by atoms with E-state index >= 15 is 0 Å². The second-order valence-electron chi connectivity index (χ2n) is 6.43. The molecule has 24 heavy (non-hydrogen) atoms. The topological polar surface area (TPSA) is 72.2 Å². The summed E-state index contributed by atoms with van der Waals surface area (Å²) >= 11 is 0. The molecule has 0 aromatic carbocycles. The van der Waals surface area contributed by atoms with Crippen LogP contribution in [0.15, 0.2) is 12.3 Å². The molecule has 8 nitrogen and oxygen atoms in total. The van der Waals surface area contributed by atoms with Crippen LogP contribution in [0.2, 0.25) is 0 Å². The third kappa shape index (κ3) is 3.48. The van der Waals surface area contributed by atoms with Crippen LogP contribution in [0, 0.1) is 0 Å². The van der Waals surface area contributed by atoms with E-state index in [2.05, 4.69) is 41.6 Å². The number of methoxy groups -OCH3 is 1. The van der Waals surface area contributed by atoms with Gasteiger partial charge >= 0.3 is 0 Å². The van der Waals surface area contributed by atoms with Crippen molar-refractivity contribution < 1.29 is 4.74 Å². The number of rotatable bonds is 5. The van der Waals surface area contributed by atoms with Crippen molar-refractivity contribution in [3.8, 4) is 5.88 Å². The summed E-state index contributed by atoms with van der Waals surface area (Å²) in [7, 11) is 7.77. The lowest BCUT2D eigenvalue weighted by atomic mass is 9.96. The van der Waals surface area contributed by atoms with Crippen molar-refractivity contribution in [1.82, 2.24) is 29.6 Å². The molecule has 1 aliphatic heterocycles. The average Bonchev–Trinajstić information content (AvgIpc) is 2.95. The monoisotopic (exact) mass is 331 g/mol. The molecule has 0 N–H and O–H groups in total. The number of nitrogens with zero attached hydrogens (tertiary/aromatic N) is 7. The summed E-state index contributed by atoms with van der Waals surface area (Å²) in [5, 5.41) is 8.78. The Morgan fingerprint density at radius 1 is 1.25 bits per heavy atom. The van der Waals surface area contributed by atoms with Gasteiger partial charge in [-0.25, -0.2) is 4.98 Å². The highest BCUT2D eigenvalue weighted by Crippen LogP contribution is 2.28. The van der Waals surface area contributed by atoms with E-state index in [4.69, 9.17) is 4.74 Å². The molecule has 0 radical (unpaired) electrons. The fourth-order valence-corrected chi connectivity index (χ4v) is 3.09. The maximum atomic E-state index is 5.18. The summed E-state index contributed by atoms with van der Waals surface area (Å²) in [6.07, 6.45) is 3.78. The van der Waals surface area contributed by atoms with Crippen LogP contribution in [0.4, 0.5) is 5.95 Å². The Balaban J connectivity index is 1.66. The molecular weight excluding hydrogens is 306 g/mol. The van der Waals surface area contributed by atoms with E-state index in [1.807, 2.05) is 14.1 Å². The van der Waals surface area contributed by atoms with Gasteiger partial charge in [0.2, 0.25) is 11.8 Å². The Labute approximate surface area is 142 Å². The molecule has 1 saturated heterocycles. The fourth-order valence-electron chi connectivity index (χ4n) is 3.09. The van der Waals surface area contributed by atoms with E-state index < -0.39 is 0 Å². The van der Waals surface area contributed by atoms with Crippen molar-refractivity contribution in [2.75, 3.05) is 39.2 Å². The Hall–Kier alpha value is -2.22. The minimum Gasteiger partial charge on any atom is -0.481 e. The number of hydrogen-bond acceptors (Lipinski definition) is 7. The first-order valence-corrected chi connectivity index (χ1v) is 8.23. The molecule has 2 aromatic rings. The highest BCUT2D eigenvalue weighted by Gasteiger charge is 2.26. The zero-order valence-corrected chi connectivity index (χ0v) is 14.8. The van der Waals surface area contributed by atoms with Crippen LogP contribution >= 0.6 is 0 Å². The van der Waals surface area contributed by atoms with Crippen molar-refractivity contribution in [2.45, 2.75) is 25.3 Å². The standard InChI is InChI=1S/C16H25N7O/c1-21(2)11-13-19-20-15(22(13)3)12-6-9-23(10-7-12)16-17-8-5-14(18-16)24-4/h5,8,12H,6-7,9-11H2,1-4H3. The van der Waals surface area contributed by atoms with Gasteiger partial charge in [-0.2, -0.15) is 4.98 Å². The second-order valence-corrected chi connectivity index (χ2v) is 6.43. The number of piperidine rings is 1. The summed E-state index contributed by atoms with van der Waals surface area (Å²) in [6, 6.07) is 1.77. The highest BCUT2D eigenvalue weighted by atomic mass is 16.5. The second kappa shape index (κ2) is 7.12. The molecule has 0 aliphatic carbocycles. The molecule has 1 aliphatic rings. The van der Waals surface area contributed by atoms with Gasteiger partial charge in [-0.3, -0.25) is 0 Å². The van der Waals surface area contributed by atoms with Crippen LogP contribution < -0.4 is 9.64 Å². The van der Waals surface area contributed by atoms with Gasteiger partial charge < -0.3 is 19.1 Å². The van der Waals surface area contributed by atoms with Gasteiger partial charge in [-0.15, -0.1) is 10.2 Å². The summed E-state index contributed by atoms with van der Waals surface area (Å²) < 4.78 is 7.32. The first kappa shape index (κ1) is 16.6. The largest absolute Gasteiger partial charge is 0.481 e. The van der Waals surface area contributed by atoms with Gasteiger partial charge in [-0.05, 0) is 26.9 Å². The summed E-state index contributed by atoms with van der Waals surface area (Å²) in [4.78, 5) is 13.1. The molecular formula is C16H25N7O. The molecule has 0 unspecified atom stereocenters. The lowest BCUT2D eigenvalue weighted by Crippen LogP contribution is -2.34. The highest BCUT2D eigenvalue weighted by molar-refractivity contribution is 5.33. The fraction of sp³-hybridized carbons (Fsp3) is 0.625. The molecule has 0 spiro atoms. The molecule has 2 aromatic heterocycles. The van der Waals surface area contributed by atoms with E-state index in [9.17, 15) is 0 Å². The quantitative estimate of drug-likeness (QED) is 0.811. The van der Waals surface area contributed by atoms with Crippen LogP contribution in [-0.2, 0) is 13.6 Å². The molecule has 0 saturated carbocycles. The Kier molecular flexibility index (Phi) is 4.94. The SMILES string of the molecule is COc1ccnc(N2CCC(c3nnc(CN(C)C)n3C)CC2)n1. The van der Waals surface area contributed by atoms with Gasteiger partial charge in [0.15, 0.2) is 0 Å². The van der Waals surface area contributed by atoms with Gasteiger partial charge in [0.1, 0.15) is 11.6 Å². The lowest BCUT2D eigenvalue weighted by Gasteiger charge is -2.31. The van der Waals surface area contributed by atoms with Crippen molar-refractivity contribution in [3.63, 3.8) is 0 Å². The molecule has 1 fully saturated rings. The summed E-state index contributed by atoms with van der Waals surface area (Å²) in [5.74, 6) is 3.86. The van der Waals surface area contributed by atoms with Gasteiger partial charge in [-0.1, -0.05) is 0 Å². The van der Waals surface area contributed by atoms with Crippen LogP contribution in [0.5, 0.6) is 5.88 Å². The van der Waals surface area contributed by atoms with Crippen LogP contribution in [0.25, 0.3) is 0 Å². The Morgan fingerprint density at radius 3 is 2.67 bits per heavy atom. The Morgan fingerprint density at radius 2 is 2.00 bits per heavy atom. The number of aromatic nitrogens is 5. The molecule has 3 rings (SSSR count). The third-order valence-corrected chi connectivity index (χ3v) is 4.43. The average molecular weight is 331 g/mol. The molecule has 3 heterocycles. The van der Waals surface area contributed by atoms with Crippen molar-refractivity contribution in [1.29, 1.82) is 0 Å². The molecule has 0 atom stereocenters. The number of ether oxygens (including phenoxy) is 1. The van der Waals surface area contributed by atoms with Crippen molar-refractivity contribution >= 4 is 5.95 Å². The van der Waals surface area contributed by atoms with Gasteiger partial charge in [0.05, 0.1) is 13.7 Å². The minimum absolute atomic E-state index is 0.431. The Bertz CT molecular complexity index is 677. The first-order chi connectivity index (χ1) is 11.6. The van der Waals surface area contributed by atoms with Crippen LogP contribution in [-0.4, -0.2) is 63.9 Å². The van der Waals surface area contributed by atoms with E-state index in [0.717, 1.165) is 50.1 Å². The minimum atomic E-state index is 0.431. The zero-order valence-electron chi connectivity index (χ0n) is 14.8. The third-order valence-electron chi connectivity index (χ3n) is 4.43. The molecule has 0 amide bonds. The normalized spacial score (nSPS) is 16.0. The van der Waals surface area contributed by atoms with Gasteiger partial charge in [0, 0.05) is 38.3 Å². The predicted molar refractivity (Wildman–Crippen MR) is 91.2 cm³/mol. The summed E-state index contributed by atoms with van der Waals surface area (Å²) in [5.41, 5.74) is 0. The lowest BCUT2D eigenvalue weighted by molar-refractivity contribution is 0.381. The summed E-state index contributed by atoms with van der Waals surface area (Å²) in [6.45, 7) is 2.63. The van der Waals surface area contributed by atoms with E-state index in [1.165, 1.54) is 0 Å². The molecule has 130 valence electrons. The number of anilines is 1. The van der Waals surface area contributed by atoms with E-state index in [-0.39, 0.29) is 0 Å². The van der Waals surface area contributed by atoms with Crippen molar-refractivity contribution in [2.24, 2.45) is 7.05 Å². The van der Waals surface area contributed by atoms with Crippen LogP contribution in [0.3, 0.4) is 0 Å². The zero-order chi connectivity index (χ0) is 17.1. The van der Waals surface area contributed by atoms with Gasteiger partial charge in [0.25, 0.3) is 0 Å². The van der Waals surface area contributed by atoms with E-state index in [1.54, 1.807) is 19.4 Å².